The van der Waals surface area contributed by atoms with Crippen LogP contribution >= 0.6 is 35.7 Å². The standard InChI is InChI=1S/C22H27FN4OS.HI/c1-24-21(27-16-22(11-12-22)29-19-5-3-2-4-6-19)26-14-13-25-20(28)15-17-7-9-18(23)10-8-17;/h2-10H,11-16H2,1H3,(H,25,28)(H2,24,26,27);1H. The maximum atomic E-state index is 12.9. The van der Waals surface area contributed by atoms with Crippen molar-refractivity contribution in [3.05, 3.63) is 66.0 Å². The van der Waals surface area contributed by atoms with Crippen LogP contribution in [0, 0.1) is 5.82 Å². The lowest BCUT2D eigenvalue weighted by molar-refractivity contribution is -0.120. The van der Waals surface area contributed by atoms with Gasteiger partial charge < -0.3 is 16.0 Å². The van der Waals surface area contributed by atoms with Crippen molar-refractivity contribution < 1.29 is 9.18 Å². The summed E-state index contributed by atoms with van der Waals surface area (Å²) in [6, 6.07) is 16.4. The molecule has 0 spiro atoms. The molecule has 1 aliphatic carbocycles. The molecule has 30 heavy (non-hydrogen) atoms. The number of carbonyl (C=O) groups is 1. The van der Waals surface area contributed by atoms with Crippen LogP contribution in [0.5, 0.6) is 0 Å². The third-order valence-corrected chi connectivity index (χ3v) is 6.20. The van der Waals surface area contributed by atoms with Gasteiger partial charge in [-0.2, -0.15) is 0 Å². The zero-order valence-electron chi connectivity index (χ0n) is 17.0. The predicted octanol–water partition coefficient (Wildman–Crippen LogP) is 3.59. The smallest absolute Gasteiger partial charge is 0.224 e. The number of nitrogens with one attached hydrogen (secondary N) is 3. The Hall–Kier alpha value is -1.81. The number of carbonyl (C=O) groups excluding carboxylic acids is 1. The summed E-state index contributed by atoms with van der Waals surface area (Å²) < 4.78 is 13.1. The van der Waals surface area contributed by atoms with E-state index in [0.29, 0.717) is 13.1 Å². The molecule has 2 aromatic rings. The van der Waals surface area contributed by atoms with E-state index in [1.54, 1.807) is 19.2 Å². The van der Waals surface area contributed by atoms with Gasteiger partial charge in [-0.25, -0.2) is 4.39 Å². The highest BCUT2D eigenvalue weighted by Crippen LogP contribution is 2.51. The third-order valence-electron chi connectivity index (χ3n) is 4.70. The summed E-state index contributed by atoms with van der Waals surface area (Å²) in [5.74, 6) is 0.350. The van der Waals surface area contributed by atoms with Crippen molar-refractivity contribution in [2.45, 2.75) is 28.9 Å². The third kappa shape index (κ3) is 8.14. The van der Waals surface area contributed by atoms with E-state index in [-0.39, 0.29) is 46.9 Å². The van der Waals surface area contributed by atoms with E-state index in [1.807, 2.05) is 17.8 Å². The van der Waals surface area contributed by atoms with Crippen molar-refractivity contribution in [2.75, 3.05) is 26.7 Å². The highest BCUT2D eigenvalue weighted by atomic mass is 127. The van der Waals surface area contributed by atoms with Crippen LogP contribution in [0.25, 0.3) is 0 Å². The van der Waals surface area contributed by atoms with Gasteiger partial charge in [0.15, 0.2) is 5.96 Å². The molecule has 8 heteroatoms. The molecule has 1 saturated carbocycles. The molecule has 0 aliphatic heterocycles. The van der Waals surface area contributed by atoms with Gasteiger partial charge in [-0.05, 0) is 42.7 Å². The minimum absolute atomic E-state index is 0. The summed E-state index contributed by atoms with van der Waals surface area (Å²) in [5.41, 5.74) is 0.792. The summed E-state index contributed by atoms with van der Waals surface area (Å²) in [4.78, 5) is 17.5. The lowest BCUT2D eigenvalue weighted by Crippen LogP contribution is -2.44. The molecule has 0 atom stereocenters. The molecule has 3 N–H and O–H groups in total. The molecule has 0 heterocycles. The molecular formula is C22H28FIN4OS. The quantitative estimate of drug-likeness (QED) is 0.196. The molecule has 1 amide bonds. The summed E-state index contributed by atoms with van der Waals surface area (Å²) in [7, 11) is 1.74. The number of aliphatic imine (C=N–C) groups is 1. The Bertz CT molecular complexity index is 829. The monoisotopic (exact) mass is 542 g/mol. The van der Waals surface area contributed by atoms with Gasteiger partial charge in [0.1, 0.15) is 5.82 Å². The minimum Gasteiger partial charge on any atom is -0.355 e. The van der Waals surface area contributed by atoms with E-state index in [2.05, 4.69) is 45.2 Å². The van der Waals surface area contributed by atoms with Crippen LogP contribution in [0.2, 0.25) is 0 Å². The first kappa shape index (κ1) is 24.5. The maximum Gasteiger partial charge on any atom is 0.224 e. The highest BCUT2D eigenvalue weighted by molar-refractivity contribution is 14.0. The number of benzene rings is 2. The fourth-order valence-corrected chi connectivity index (χ4v) is 4.14. The Labute approximate surface area is 198 Å². The van der Waals surface area contributed by atoms with Crippen molar-refractivity contribution in [1.29, 1.82) is 0 Å². The molecule has 1 aliphatic rings. The topological polar surface area (TPSA) is 65.5 Å². The zero-order chi connectivity index (χ0) is 20.5. The van der Waals surface area contributed by atoms with Crippen molar-refractivity contribution >= 4 is 47.6 Å². The van der Waals surface area contributed by atoms with Crippen molar-refractivity contribution in [3.63, 3.8) is 0 Å². The second-order valence-corrected chi connectivity index (χ2v) is 8.65. The van der Waals surface area contributed by atoms with Crippen LogP contribution in [-0.4, -0.2) is 43.3 Å². The predicted molar refractivity (Wildman–Crippen MR) is 132 cm³/mol. The summed E-state index contributed by atoms with van der Waals surface area (Å²) in [6.45, 7) is 1.92. The van der Waals surface area contributed by atoms with Gasteiger partial charge in [-0.15, -0.1) is 35.7 Å². The van der Waals surface area contributed by atoms with Crippen molar-refractivity contribution in [3.8, 4) is 0 Å². The second-order valence-electron chi connectivity index (χ2n) is 7.10. The van der Waals surface area contributed by atoms with E-state index in [9.17, 15) is 9.18 Å². The van der Waals surface area contributed by atoms with Gasteiger partial charge in [0.25, 0.3) is 0 Å². The Balaban J connectivity index is 0.00000320. The van der Waals surface area contributed by atoms with Crippen LogP contribution in [-0.2, 0) is 11.2 Å². The number of guanidine groups is 1. The number of hydrogen-bond donors (Lipinski definition) is 3. The molecule has 0 radical (unpaired) electrons. The average molecular weight is 542 g/mol. The number of nitrogens with zero attached hydrogens (tertiary/aromatic N) is 1. The Morgan fingerprint density at radius 2 is 1.70 bits per heavy atom. The van der Waals surface area contributed by atoms with Gasteiger partial charge in [-0.3, -0.25) is 9.79 Å². The Morgan fingerprint density at radius 1 is 1.03 bits per heavy atom. The maximum absolute atomic E-state index is 12.9. The number of hydrogen-bond acceptors (Lipinski definition) is 3. The number of halogens is 2. The largest absolute Gasteiger partial charge is 0.355 e. The first-order valence-corrected chi connectivity index (χ1v) is 10.6. The Kier molecular flexibility index (Phi) is 9.90. The van der Waals surface area contributed by atoms with Crippen LogP contribution in [0.3, 0.4) is 0 Å². The van der Waals surface area contributed by atoms with Crippen LogP contribution in [0.4, 0.5) is 4.39 Å². The van der Waals surface area contributed by atoms with E-state index >= 15 is 0 Å². The van der Waals surface area contributed by atoms with Crippen LogP contribution in [0.15, 0.2) is 64.5 Å². The van der Waals surface area contributed by atoms with Gasteiger partial charge in [0, 0.05) is 36.3 Å². The first-order valence-electron chi connectivity index (χ1n) is 9.78. The lowest BCUT2D eigenvalue weighted by Gasteiger charge is -2.18. The molecule has 2 aromatic carbocycles. The Morgan fingerprint density at radius 3 is 2.33 bits per heavy atom. The van der Waals surface area contributed by atoms with E-state index in [0.717, 1.165) is 18.1 Å². The molecular weight excluding hydrogens is 514 g/mol. The summed E-state index contributed by atoms with van der Waals surface area (Å²) in [6.07, 6.45) is 2.62. The minimum atomic E-state index is -0.299. The van der Waals surface area contributed by atoms with Gasteiger partial charge >= 0.3 is 0 Å². The highest BCUT2D eigenvalue weighted by Gasteiger charge is 2.43. The lowest BCUT2D eigenvalue weighted by atomic mass is 10.1. The molecule has 0 unspecified atom stereocenters. The van der Waals surface area contributed by atoms with Crippen LogP contribution in [0.1, 0.15) is 18.4 Å². The molecule has 5 nitrogen and oxygen atoms in total. The molecule has 0 bridgehead atoms. The molecule has 3 rings (SSSR count). The van der Waals surface area contributed by atoms with Crippen LogP contribution < -0.4 is 16.0 Å². The first-order chi connectivity index (χ1) is 14.1. The molecule has 0 saturated heterocycles. The normalized spacial score (nSPS) is 14.4. The number of amides is 1. The summed E-state index contributed by atoms with van der Waals surface area (Å²) in [5, 5.41) is 9.48. The summed E-state index contributed by atoms with van der Waals surface area (Å²) >= 11 is 1.92. The molecule has 1 fully saturated rings. The zero-order valence-corrected chi connectivity index (χ0v) is 20.1. The molecule has 0 aromatic heterocycles. The molecule has 162 valence electrons. The fourth-order valence-electron chi connectivity index (χ4n) is 2.89. The second kappa shape index (κ2) is 12.1. The van der Waals surface area contributed by atoms with Crippen molar-refractivity contribution in [1.82, 2.24) is 16.0 Å². The number of thioether (sulfide) groups is 1. The van der Waals surface area contributed by atoms with E-state index in [4.69, 9.17) is 0 Å². The van der Waals surface area contributed by atoms with Crippen molar-refractivity contribution in [2.24, 2.45) is 4.99 Å². The van der Waals surface area contributed by atoms with Gasteiger partial charge in [-0.1, -0.05) is 30.3 Å². The van der Waals surface area contributed by atoms with Gasteiger partial charge in [0.2, 0.25) is 5.91 Å². The number of rotatable bonds is 9. The van der Waals surface area contributed by atoms with E-state index in [1.165, 1.54) is 29.9 Å². The van der Waals surface area contributed by atoms with Gasteiger partial charge in [0.05, 0.1) is 6.42 Å². The fraction of sp³-hybridized carbons (Fsp3) is 0.364. The van der Waals surface area contributed by atoms with E-state index < -0.39 is 0 Å². The SMILES string of the molecule is CN=C(NCCNC(=O)Cc1ccc(F)cc1)NCC1(Sc2ccccc2)CC1.I. The average Bonchev–Trinajstić information content (AvgIpc) is 3.49.